The van der Waals surface area contributed by atoms with Crippen LogP contribution in [-0.2, 0) is 11.3 Å². The predicted octanol–water partition coefficient (Wildman–Crippen LogP) is 3.02. The van der Waals surface area contributed by atoms with E-state index in [1.165, 1.54) is 4.90 Å². The Kier molecular flexibility index (Phi) is 5.73. The molecule has 1 amide bonds. The average Bonchev–Trinajstić information content (AvgIpc) is 2.59. The van der Waals surface area contributed by atoms with Crippen molar-refractivity contribution >= 4 is 11.8 Å². The molecule has 1 atom stereocenters. The van der Waals surface area contributed by atoms with Gasteiger partial charge < -0.3 is 9.84 Å². The molecule has 5 nitrogen and oxygen atoms in total. The zero-order valence-electron chi connectivity index (χ0n) is 12.8. The minimum Gasteiger partial charge on any atom is -0.444 e. The Balaban J connectivity index is 2.15. The standard InChI is InChI=1S/C18H18N2O3/c1-14-7-5-6-10-17(14)20(12-16(21)11-19)18(22)23-13-15-8-3-2-4-9-15/h2-10,16,21H,12-13H2,1H3/t16-/m0/s1. The van der Waals surface area contributed by atoms with Gasteiger partial charge in [0.15, 0.2) is 6.10 Å². The van der Waals surface area contributed by atoms with Gasteiger partial charge in [-0.25, -0.2) is 4.79 Å². The van der Waals surface area contributed by atoms with Crippen molar-refractivity contribution in [3.63, 3.8) is 0 Å². The third kappa shape index (κ3) is 4.56. The molecular weight excluding hydrogens is 292 g/mol. The lowest BCUT2D eigenvalue weighted by atomic mass is 10.2. The lowest BCUT2D eigenvalue weighted by Gasteiger charge is -2.24. The molecule has 0 heterocycles. The number of ether oxygens (including phenoxy) is 1. The van der Waals surface area contributed by atoms with Gasteiger partial charge in [-0.2, -0.15) is 5.26 Å². The second-order valence-electron chi connectivity index (χ2n) is 5.08. The summed E-state index contributed by atoms with van der Waals surface area (Å²) in [5, 5.41) is 18.4. The van der Waals surface area contributed by atoms with Crippen molar-refractivity contribution in [2.45, 2.75) is 19.6 Å². The summed E-state index contributed by atoms with van der Waals surface area (Å²) in [6, 6.07) is 18.3. The number of carbonyl (C=O) groups excluding carboxylic acids is 1. The van der Waals surface area contributed by atoms with E-state index in [0.717, 1.165) is 11.1 Å². The van der Waals surface area contributed by atoms with Crippen LogP contribution >= 0.6 is 0 Å². The highest BCUT2D eigenvalue weighted by Crippen LogP contribution is 2.21. The number of anilines is 1. The molecule has 5 heteroatoms. The van der Waals surface area contributed by atoms with Crippen molar-refractivity contribution in [3.05, 3.63) is 65.7 Å². The number of aryl methyl sites for hydroxylation is 1. The van der Waals surface area contributed by atoms with E-state index in [1.807, 2.05) is 49.4 Å². The minimum atomic E-state index is -1.28. The maximum atomic E-state index is 12.4. The third-order valence-corrected chi connectivity index (χ3v) is 3.34. The first-order valence-electron chi connectivity index (χ1n) is 7.23. The predicted molar refractivity (Wildman–Crippen MR) is 86.8 cm³/mol. The van der Waals surface area contributed by atoms with Gasteiger partial charge in [0.2, 0.25) is 0 Å². The van der Waals surface area contributed by atoms with Gasteiger partial charge >= 0.3 is 6.09 Å². The summed E-state index contributed by atoms with van der Waals surface area (Å²) >= 11 is 0. The van der Waals surface area contributed by atoms with Crippen molar-refractivity contribution < 1.29 is 14.6 Å². The van der Waals surface area contributed by atoms with Gasteiger partial charge in [-0.3, -0.25) is 4.90 Å². The highest BCUT2D eigenvalue weighted by molar-refractivity contribution is 5.88. The number of hydrogen-bond donors (Lipinski definition) is 1. The first-order valence-corrected chi connectivity index (χ1v) is 7.23. The fourth-order valence-corrected chi connectivity index (χ4v) is 2.15. The summed E-state index contributed by atoms with van der Waals surface area (Å²) in [5.41, 5.74) is 2.33. The summed E-state index contributed by atoms with van der Waals surface area (Å²) in [4.78, 5) is 13.7. The van der Waals surface area contributed by atoms with Crippen molar-refractivity contribution in [3.8, 4) is 6.07 Å². The van der Waals surface area contributed by atoms with E-state index in [0.29, 0.717) is 5.69 Å². The van der Waals surface area contributed by atoms with E-state index < -0.39 is 12.2 Å². The molecule has 0 radical (unpaired) electrons. The molecular formula is C18H18N2O3. The number of hydrogen-bond acceptors (Lipinski definition) is 4. The Hall–Kier alpha value is -2.84. The quantitative estimate of drug-likeness (QED) is 0.862. The van der Waals surface area contributed by atoms with Crippen molar-refractivity contribution in [2.75, 3.05) is 11.4 Å². The van der Waals surface area contributed by atoms with Gasteiger partial charge in [-0.1, -0.05) is 48.5 Å². The van der Waals surface area contributed by atoms with Crippen LogP contribution in [0.3, 0.4) is 0 Å². The summed E-state index contributed by atoms with van der Waals surface area (Å²) in [5.74, 6) is 0. The molecule has 0 aliphatic rings. The summed E-state index contributed by atoms with van der Waals surface area (Å²) in [7, 11) is 0. The topological polar surface area (TPSA) is 73.6 Å². The van der Waals surface area contributed by atoms with Crippen LogP contribution in [0.4, 0.5) is 10.5 Å². The number of amides is 1. The molecule has 0 aromatic heterocycles. The van der Waals surface area contributed by atoms with Crippen LogP contribution < -0.4 is 4.90 Å². The molecule has 1 N–H and O–H groups in total. The zero-order chi connectivity index (χ0) is 16.7. The fraction of sp³-hybridized carbons (Fsp3) is 0.222. The Morgan fingerprint density at radius 1 is 1.22 bits per heavy atom. The first kappa shape index (κ1) is 16.5. The lowest BCUT2D eigenvalue weighted by Crippen LogP contribution is -2.38. The van der Waals surface area contributed by atoms with E-state index in [4.69, 9.17) is 10.00 Å². The molecule has 0 saturated heterocycles. The molecule has 23 heavy (non-hydrogen) atoms. The largest absolute Gasteiger partial charge is 0.444 e. The van der Waals surface area contributed by atoms with Gasteiger partial charge in [0.05, 0.1) is 18.3 Å². The Morgan fingerprint density at radius 3 is 2.52 bits per heavy atom. The van der Waals surface area contributed by atoms with E-state index >= 15 is 0 Å². The van der Waals surface area contributed by atoms with Crippen LogP contribution in [0, 0.1) is 18.3 Å². The number of aliphatic hydroxyl groups is 1. The van der Waals surface area contributed by atoms with E-state index in [2.05, 4.69) is 0 Å². The second kappa shape index (κ2) is 7.97. The SMILES string of the molecule is Cc1ccccc1N(C[C@@H](O)C#N)C(=O)OCc1ccccc1. The maximum absolute atomic E-state index is 12.4. The molecule has 0 fully saturated rings. The summed E-state index contributed by atoms with van der Waals surface area (Å²) in [6.45, 7) is 1.84. The molecule has 0 aliphatic carbocycles. The van der Waals surface area contributed by atoms with Gasteiger partial charge in [0.25, 0.3) is 0 Å². The molecule has 0 spiro atoms. The number of carbonyl (C=O) groups is 1. The van der Waals surface area contributed by atoms with Crippen LogP contribution in [0.1, 0.15) is 11.1 Å². The number of rotatable bonds is 5. The Morgan fingerprint density at radius 2 is 1.87 bits per heavy atom. The normalized spacial score (nSPS) is 11.3. The van der Waals surface area contributed by atoms with Crippen LogP contribution in [0.2, 0.25) is 0 Å². The molecule has 0 saturated carbocycles. The summed E-state index contributed by atoms with van der Waals surface area (Å²) in [6.07, 6.45) is -1.88. The van der Waals surface area contributed by atoms with E-state index in [1.54, 1.807) is 18.2 Å². The number of para-hydroxylation sites is 1. The van der Waals surface area contributed by atoms with Gasteiger partial charge in [0, 0.05) is 0 Å². The third-order valence-electron chi connectivity index (χ3n) is 3.34. The van der Waals surface area contributed by atoms with Crippen molar-refractivity contribution in [1.29, 1.82) is 5.26 Å². The molecule has 0 unspecified atom stereocenters. The highest BCUT2D eigenvalue weighted by atomic mass is 16.6. The Labute approximate surface area is 135 Å². The second-order valence-corrected chi connectivity index (χ2v) is 5.08. The molecule has 118 valence electrons. The summed E-state index contributed by atoms with van der Waals surface area (Å²) < 4.78 is 5.31. The van der Waals surface area contributed by atoms with Gasteiger partial charge in [-0.15, -0.1) is 0 Å². The number of nitriles is 1. The highest BCUT2D eigenvalue weighted by Gasteiger charge is 2.22. The van der Waals surface area contributed by atoms with Crippen LogP contribution in [0.5, 0.6) is 0 Å². The first-order chi connectivity index (χ1) is 11.1. The molecule has 2 rings (SSSR count). The van der Waals surface area contributed by atoms with E-state index in [9.17, 15) is 9.90 Å². The molecule has 0 bridgehead atoms. The Bertz CT molecular complexity index is 695. The average molecular weight is 310 g/mol. The monoisotopic (exact) mass is 310 g/mol. The van der Waals surface area contributed by atoms with Gasteiger partial charge in [-0.05, 0) is 24.1 Å². The number of nitrogens with zero attached hydrogens (tertiary/aromatic N) is 2. The van der Waals surface area contributed by atoms with Gasteiger partial charge in [0.1, 0.15) is 6.61 Å². The van der Waals surface area contributed by atoms with Crippen LogP contribution in [0.25, 0.3) is 0 Å². The van der Waals surface area contributed by atoms with Crippen LogP contribution in [-0.4, -0.2) is 23.8 Å². The van der Waals surface area contributed by atoms with Crippen LogP contribution in [0.15, 0.2) is 54.6 Å². The van der Waals surface area contributed by atoms with Crippen molar-refractivity contribution in [1.82, 2.24) is 0 Å². The smallest absolute Gasteiger partial charge is 0.414 e. The number of aliphatic hydroxyl groups excluding tert-OH is 1. The molecule has 2 aromatic rings. The molecule has 0 aliphatic heterocycles. The zero-order valence-corrected chi connectivity index (χ0v) is 12.8. The fourth-order valence-electron chi connectivity index (χ4n) is 2.15. The number of benzene rings is 2. The maximum Gasteiger partial charge on any atom is 0.414 e. The molecule has 2 aromatic carbocycles. The van der Waals surface area contributed by atoms with Crippen molar-refractivity contribution in [2.24, 2.45) is 0 Å². The van der Waals surface area contributed by atoms with E-state index in [-0.39, 0.29) is 13.2 Å². The minimum absolute atomic E-state index is 0.130. The lowest BCUT2D eigenvalue weighted by molar-refractivity contribution is 0.142.